The Hall–Kier alpha value is -2.38. The van der Waals surface area contributed by atoms with Gasteiger partial charge in [0.25, 0.3) is 5.91 Å². The molecular formula is C15H14ClN3O4. The normalized spacial score (nSPS) is 20.4. The Morgan fingerprint density at radius 2 is 1.91 bits per heavy atom. The zero-order valence-electron chi connectivity index (χ0n) is 12.0. The van der Waals surface area contributed by atoms with Gasteiger partial charge in [-0.2, -0.15) is 5.10 Å². The molecule has 1 saturated heterocycles. The molecule has 1 aromatic heterocycles. The van der Waals surface area contributed by atoms with E-state index in [4.69, 9.17) is 21.4 Å². The fourth-order valence-electron chi connectivity index (χ4n) is 2.35. The van der Waals surface area contributed by atoms with E-state index in [1.165, 1.54) is 0 Å². The average molecular weight is 336 g/mol. The van der Waals surface area contributed by atoms with Gasteiger partial charge in [-0.1, -0.05) is 11.6 Å². The summed E-state index contributed by atoms with van der Waals surface area (Å²) in [5.74, 6) is -1.07. The van der Waals surface area contributed by atoms with E-state index >= 15 is 0 Å². The molecule has 0 spiro atoms. The second-order valence-corrected chi connectivity index (χ2v) is 5.58. The van der Waals surface area contributed by atoms with E-state index in [0.29, 0.717) is 23.7 Å². The predicted octanol–water partition coefficient (Wildman–Crippen LogP) is 2.10. The molecule has 0 saturated carbocycles. The van der Waals surface area contributed by atoms with E-state index in [1.807, 2.05) is 0 Å². The summed E-state index contributed by atoms with van der Waals surface area (Å²) in [5, 5.41) is 16.4. The number of amides is 1. The van der Waals surface area contributed by atoms with Crippen molar-refractivity contribution in [3.8, 4) is 5.69 Å². The van der Waals surface area contributed by atoms with Crippen LogP contribution in [0, 0.1) is 0 Å². The smallest absolute Gasteiger partial charge is 0.332 e. The second-order valence-electron chi connectivity index (χ2n) is 5.14. The van der Waals surface area contributed by atoms with E-state index in [9.17, 15) is 9.59 Å². The van der Waals surface area contributed by atoms with Gasteiger partial charge in [0.15, 0.2) is 11.9 Å². The Labute approximate surface area is 136 Å². The highest BCUT2D eigenvalue weighted by atomic mass is 35.5. The van der Waals surface area contributed by atoms with Gasteiger partial charge >= 0.3 is 5.97 Å². The fraction of sp³-hybridized carbons (Fsp3) is 0.267. The van der Waals surface area contributed by atoms with Crippen LogP contribution >= 0.6 is 11.6 Å². The zero-order chi connectivity index (χ0) is 16.4. The Morgan fingerprint density at radius 3 is 2.57 bits per heavy atom. The van der Waals surface area contributed by atoms with Crippen molar-refractivity contribution in [1.29, 1.82) is 0 Å². The van der Waals surface area contributed by atoms with Crippen molar-refractivity contribution in [3.63, 3.8) is 0 Å². The number of aromatic nitrogens is 2. The predicted molar refractivity (Wildman–Crippen MR) is 82.7 cm³/mol. The van der Waals surface area contributed by atoms with Crippen LogP contribution in [0.4, 0.5) is 5.82 Å². The minimum Gasteiger partial charge on any atom is -0.479 e. The van der Waals surface area contributed by atoms with Crippen molar-refractivity contribution >= 4 is 29.3 Å². The van der Waals surface area contributed by atoms with Gasteiger partial charge in [0.05, 0.1) is 5.69 Å². The summed E-state index contributed by atoms with van der Waals surface area (Å²) in [4.78, 5) is 22.9. The number of carboxylic acids is 1. The second kappa shape index (κ2) is 6.39. The molecule has 2 heterocycles. The molecule has 0 aliphatic carbocycles. The molecule has 1 amide bonds. The van der Waals surface area contributed by atoms with Gasteiger partial charge in [-0.15, -0.1) is 0 Å². The first-order valence-corrected chi connectivity index (χ1v) is 7.41. The van der Waals surface area contributed by atoms with Crippen LogP contribution in [-0.2, 0) is 14.3 Å². The molecule has 0 radical (unpaired) electrons. The third-order valence-electron chi connectivity index (χ3n) is 3.52. The van der Waals surface area contributed by atoms with Gasteiger partial charge in [-0.25, -0.2) is 9.48 Å². The molecule has 2 N–H and O–H groups in total. The lowest BCUT2D eigenvalue weighted by Crippen LogP contribution is -2.30. The number of anilines is 1. The highest BCUT2D eigenvalue weighted by Crippen LogP contribution is 2.21. The largest absolute Gasteiger partial charge is 0.479 e. The van der Waals surface area contributed by atoms with E-state index in [-0.39, 0.29) is 0 Å². The third kappa shape index (κ3) is 3.52. The summed E-state index contributed by atoms with van der Waals surface area (Å²) < 4.78 is 6.80. The van der Waals surface area contributed by atoms with Crippen LogP contribution in [0.2, 0.25) is 5.02 Å². The molecule has 7 nitrogen and oxygen atoms in total. The van der Waals surface area contributed by atoms with Gasteiger partial charge in [0.2, 0.25) is 0 Å². The Balaban J connectivity index is 1.64. The third-order valence-corrected chi connectivity index (χ3v) is 3.77. The topological polar surface area (TPSA) is 93.4 Å². The Bertz CT molecular complexity index is 729. The lowest BCUT2D eigenvalue weighted by atomic mass is 10.2. The van der Waals surface area contributed by atoms with Crippen molar-refractivity contribution < 1.29 is 19.4 Å². The number of carboxylic acid groups (broad SMARTS) is 1. The number of hydrogen-bond acceptors (Lipinski definition) is 4. The number of rotatable bonds is 4. The molecule has 0 unspecified atom stereocenters. The molecule has 23 heavy (non-hydrogen) atoms. The molecule has 1 fully saturated rings. The molecule has 120 valence electrons. The molecule has 1 aliphatic heterocycles. The number of aliphatic carboxylic acids is 1. The molecule has 3 rings (SSSR count). The number of halogens is 1. The Morgan fingerprint density at radius 1 is 1.22 bits per heavy atom. The first-order valence-electron chi connectivity index (χ1n) is 7.03. The van der Waals surface area contributed by atoms with Crippen molar-refractivity contribution in [3.05, 3.63) is 41.6 Å². The first kappa shape index (κ1) is 15.5. The molecule has 1 aromatic carbocycles. The SMILES string of the molecule is O=C(O)[C@@H]1CC[C@H](C(=O)Nc2ccn(-c3ccc(Cl)cc3)n2)O1. The maximum Gasteiger partial charge on any atom is 0.332 e. The number of carbonyl (C=O) groups is 2. The number of benzene rings is 1. The fourth-order valence-corrected chi connectivity index (χ4v) is 2.47. The Kier molecular flexibility index (Phi) is 4.31. The zero-order valence-corrected chi connectivity index (χ0v) is 12.7. The van der Waals surface area contributed by atoms with Crippen molar-refractivity contribution in [1.82, 2.24) is 9.78 Å². The lowest BCUT2D eigenvalue weighted by molar-refractivity contribution is -0.150. The van der Waals surface area contributed by atoms with E-state index in [0.717, 1.165) is 5.69 Å². The lowest BCUT2D eigenvalue weighted by Gasteiger charge is -2.10. The van der Waals surface area contributed by atoms with Crippen LogP contribution in [0.15, 0.2) is 36.5 Å². The van der Waals surface area contributed by atoms with Crippen molar-refractivity contribution in [2.45, 2.75) is 25.0 Å². The number of carbonyl (C=O) groups excluding carboxylic acids is 1. The first-order chi connectivity index (χ1) is 11.0. The average Bonchev–Trinajstić information content (AvgIpc) is 3.17. The summed E-state index contributed by atoms with van der Waals surface area (Å²) in [5.41, 5.74) is 0.804. The van der Waals surface area contributed by atoms with Crippen LogP contribution in [0.25, 0.3) is 5.69 Å². The molecule has 8 heteroatoms. The summed E-state index contributed by atoms with van der Waals surface area (Å²) in [7, 11) is 0. The van der Waals surface area contributed by atoms with Gasteiger partial charge in [-0.05, 0) is 37.1 Å². The summed E-state index contributed by atoms with van der Waals surface area (Å²) in [6, 6.07) is 8.75. The van der Waals surface area contributed by atoms with Gasteiger partial charge in [0, 0.05) is 17.3 Å². The molecular weight excluding hydrogens is 322 g/mol. The summed E-state index contributed by atoms with van der Waals surface area (Å²) >= 11 is 5.84. The van der Waals surface area contributed by atoms with E-state index in [2.05, 4.69) is 10.4 Å². The van der Waals surface area contributed by atoms with Gasteiger partial charge in [0.1, 0.15) is 6.10 Å². The highest BCUT2D eigenvalue weighted by molar-refractivity contribution is 6.30. The number of nitrogens with zero attached hydrogens (tertiary/aromatic N) is 2. The monoisotopic (exact) mass is 335 g/mol. The molecule has 2 aromatic rings. The highest BCUT2D eigenvalue weighted by Gasteiger charge is 2.34. The molecule has 1 aliphatic rings. The minimum atomic E-state index is -1.05. The maximum absolute atomic E-state index is 12.1. The summed E-state index contributed by atoms with van der Waals surface area (Å²) in [6.45, 7) is 0. The van der Waals surface area contributed by atoms with Crippen LogP contribution in [0.3, 0.4) is 0 Å². The molecule has 0 bridgehead atoms. The minimum absolute atomic E-state index is 0.326. The van der Waals surface area contributed by atoms with Crippen molar-refractivity contribution in [2.24, 2.45) is 0 Å². The summed E-state index contributed by atoms with van der Waals surface area (Å²) in [6.07, 6.45) is 0.719. The van der Waals surface area contributed by atoms with E-state index < -0.39 is 24.1 Å². The van der Waals surface area contributed by atoms with Crippen LogP contribution in [0.5, 0.6) is 0 Å². The standard InChI is InChI=1S/C15H14ClN3O4/c16-9-1-3-10(4-2-9)19-8-7-13(18-19)17-14(20)11-5-6-12(23-11)15(21)22/h1-4,7-8,11-12H,5-6H2,(H,21,22)(H,17,18,20)/t11-,12+/m1/s1. The maximum atomic E-state index is 12.1. The van der Waals surface area contributed by atoms with Crippen molar-refractivity contribution in [2.75, 3.05) is 5.32 Å². The number of ether oxygens (including phenoxy) is 1. The van der Waals surface area contributed by atoms with Crippen LogP contribution in [0.1, 0.15) is 12.8 Å². The van der Waals surface area contributed by atoms with Gasteiger partial charge in [-0.3, -0.25) is 4.79 Å². The molecule has 2 atom stereocenters. The number of hydrogen-bond donors (Lipinski definition) is 2. The quantitative estimate of drug-likeness (QED) is 0.892. The van der Waals surface area contributed by atoms with E-state index in [1.54, 1.807) is 41.2 Å². The van der Waals surface area contributed by atoms with Crippen LogP contribution < -0.4 is 5.32 Å². The van der Waals surface area contributed by atoms with Crippen LogP contribution in [-0.4, -0.2) is 39.0 Å². The van der Waals surface area contributed by atoms with Gasteiger partial charge < -0.3 is 15.2 Å². The number of nitrogens with one attached hydrogen (secondary N) is 1.